The molecule has 0 saturated carbocycles. The topological polar surface area (TPSA) is 77.2 Å². The summed E-state index contributed by atoms with van der Waals surface area (Å²) in [6.07, 6.45) is 3.60. The smallest absolute Gasteiger partial charge is 0.354 e. The number of alkyl halides is 2. The molecule has 19 heavy (non-hydrogen) atoms. The van der Waals surface area contributed by atoms with Crippen LogP contribution >= 0.6 is 0 Å². The van der Waals surface area contributed by atoms with Gasteiger partial charge in [0.2, 0.25) is 0 Å². The normalized spacial score (nSPS) is 10.7. The van der Waals surface area contributed by atoms with Crippen molar-refractivity contribution in [2.24, 2.45) is 0 Å². The van der Waals surface area contributed by atoms with Crippen LogP contribution in [0.3, 0.4) is 0 Å². The minimum Gasteiger partial charge on any atom is -0.496 e. The molecule has 2 heterocycles. The Morgan fingerprint density at radius 3 is 2.74 bits per heavy atom. The number of carbonyl (C=O) groups is 1. The summed E-state index contributed by atoms with van der Waals surface area (Å²) in [5.74, 6) is -0.977. The van der Waals surface area contributed by atoms with E-state index in [1.165, 1.54) is 25.6 Å². The van der Waals surface area contributed by atoms with E-state index >= 15 is 0 Å². The average Bonchev–Trinajstić information content (AvgIpc) is 2.87. The van der Waals surface area contributed by atoms with E-state index in [-0.39, 0.29) is 11.4 Å². The van der Waals surface area contributed by atoms with Gasteiger partial charge in [-0.2, -0.15) is 13.9 Å². The van der Waals surface area contributed by atoms with Crippen molar-refractivity contribution in [1.29, 1.82) is 0 Å². The van der Waals surface area contributed by atoms with Crippen molar-refractivity contribution < 1.29 is 23.4 Å². The fourth-order valence-electron chi connectivity index (χ4n) is 1.52. The third-order valence-corrected chi connectivity index (χ3v) is 2.42. The number of methoxy groups -OCH3 is 1. The highest BCUT2D eigenvalue weighted by molar-refractivity contribution is 5.87. The lowest BCUT2D eigenvalue weighted by molar-refractivity contribution is 0.0566. The summed E-state index contributed by atoms with van der Waals surface area (Å²) in [6.45, 7) is -2.74. The van der Waals surface area contributed by atoms with Crippen molar-refractivity contribution in [2.45, 2.75) is 6.55 Å². The summed E-state index contributed by atoms with van der Waals surface area (Å²) in [5.41, 5.74) is 0.558. The molecule has 0 aromatic carbocycles. The van der Waals surface area contributed by atoms with E-state index in [9.17, 15) is 13.6 Å². The molecular weight excluding hydrogens is 260 g/mol. The number of rotatable bonds is 4. The number of carboxylic acid groups (broad SMARTS) is 1. The Balaban J connectivity index is 2.46. The van der Waals surface area contributed by atoms with Gasteiger partial charge in [0.05, 0.1) is 13.3 Å². The Bertz CT molecular complexity index is 613. The Morgan fingerprint density at radius 2 is 2.21 bits per heavy atom. The van der Waals surface area contributed by atoms with Gasteiger partial charge in [0.15, 0.2) is 5.69 Å². The van der Waals surface area contributed by atoms with Crippen LogP contribution in [0.2, 0.25) is 0 Å². The zero-order chi connectivity index (χ0) is 14.0. The molecule has 2 aromatic rings. The third-order valence-electron chi connectivity index (χ3n) is 2.42. The van der Waals surface area contributed by atoms with E-state index < -0.39 is 12.5 Å². The zero-order valence-electron chi connectivity index (χ0n) is 9.75. The molecule has 2 rings (SSSR count). The zero-order valence-corrected chi connectivity index (χ0v) is 9.75. The molecule has 0 aliphatic rings. The second kappa shape index (κ2) is 5.01. The molecule has 0 atom stereocenters. The van der Waals surface area contributed by atoms with E-state index in [1.54, 1.807) is 0 Å². The van der Waals surface area contributed by atoms with Gasteiger partial charge in [0.25, 0.3) is 0 Å². The van der Waals surface area contributed by atoms with Gasteiger partial charge in [-0.05, 0) is 0 Å². The molecule has 0 amide bonds. The summed E-state index contributed by atoms with van der Waals surface area (Å²) in [6, 6.07) is 1.22. The van der Waals surface area contributed by atoms with Crippen LogP contribution in [0.25, 0.3) is 11.1 Å². The van der Waals surface area contributed by atoms with E-state index in [4.69, 9.17) is 9.84 Å². The van der Waals surface area contributed by atoms with Gasteiger partial charge in [-0.3, -0.25) is 0 Å². The lowest BCUT2D eigenvalue weighted by atomic mass is 10.1. The lowest BCUT2D eigenvalue weighted by Gasteiger charge is -2.06. The Kier molecular flexibility index (Phi) is 3.41. The van der Waals surface area contributed by atoms with Crippen molar-refractivity contribution in [3.8, 4) is 16.9 Å². The van der Waals surface area contributed by atoms with Gasteiger partial charge in [-0.15, -0.1) is 0 Å². The Hall–Kier alpha value is -2.51. The van der Waals surface area contributed by atoms with Crippen molar-refractivity contribution in [1.82, 2.24) is 14.8 Å². The van der Waals surface area contributed by atoms with Crippen LogP contribution in [-0.2, 0) is 0 Å². The highest BCUT2D eigenvalue weighted by Crippen LogP contribution is 2.30. The number of nitrogens with zero attached hydrogens (tertiary/aromatic N) is 3. The standard InChI is InChI=1S/C11H9F2N3O3/c1-19-9-2-8(10(17)18)14-4-7(9)6-3-15-16(5-6)11(12)13/h2-5,11H,1H3,(H,17,18). The fourth-order valence-corrected chi connectivity index (χ4v) is 1.52. The van der Waals surface area contributed by atoms with Gasteiger partial charge in [-0.25, -0.2) is 14.5 Å². The molecule has 0 spiro atoms. The number of halogens is 2. The van der Waals surface area contributed by atoms with Gasteiger partial charge >= 0.3 is 12.5 Å². The monoisotopic (exact) mass is 269 g/mol. The highest BCUT2D eigenvalue weighted by Gasteiger charge is 2.15. The molecule has 2 aromatic heterocycles. The van der Waals surface area contributed by atoms with Crippen molar-refractivity contribution in [3.05, 3.63) is 30.4 Å². The number of aromatic nitrogens is 3. The Morgan fingerprint density at radius 1 is 1.47 bits per heavy atom. The van der Waals surface area contributed by atoms with Crippen LogP contribution in [-0.4, -0.2) is 33.0 Å². The molecule has 0 radical (unpaired) electrons. The quantitative estimate of drug-likeness (QED) is 0.919. The first-order chi connectivity index (χ1) is 9.02. The molecular formula is C11H9F2N3O3. The van der Waals surface area contributed by atoms with Crippen LogP contribution in [0, 0.1) is 0 Å². The fraction of sp³-hybridized carbons (Fsp3) is 0.182. The first kappa shape index (κ1) is 12.9. The van der Waals surface area contributed by atoms with Crippen molar-refractivity contribution in [2.75, 3.05) is 7.11 Å². The number of hydrogen-bond donors (Lipinski definition) is 1. The lowest BCUT2D eigenvalue weighted by Crippen LogP contribution is -2.01. The maximum atomic E-state index is 12.4. The van der Waals surface area contributed by atoms with Gasteiger partial charge in [0, 0.05) is 29.6 Å². The Labute approximate surface area is 106 Å². The molecule has 0 bridgehead atoms. The molecule has 1 N–H and O–H groups in total. The number of carboxylic acids is 1. The van der Waals surface area contributed by atoms with Gasteiger partial charge in [-0.1, -0.05) is 0 Å². The summed E-state index contributed by atoms with van der Waals surface area (Å²) in [7, 11) is 1.35. The number of pyridine rings is 1. The van der Waals surface area contributed by atoms with Crippen LogP contribution in [0.1, 0.15) is 17.0 Å². The molecule has 100 valence electrons. The highest BCUT2D eigenvalue weighted by atomic mass is 19.3. The minimum atomic E-state index is -2.74. The molecule has 6 nitrogen and oxygen atoms in total. The van der Waals surface area contributed by atoms with Crippen molar-refractivity contribution >= 4 is 5.97 Å². The van der Waals surface area contributed by atoms with Crippen LogP contribution in [0.5, 0.6) is 5.75 Å². The largest absolute Gasteiger partial charge is 0.496 e. The van der Waals surface area contributed by atoms with Gasteiger partial charge in [0.1, 0.15) is 5.75 Å². The van der Waals surface area contributed by atoms with Gasteiger partial charge < -0.3 is 9.84 Å². The second-order valence-corrected chi connectivity index (χ2v) is 3.56. The summed E-state index contributed by atoms with van der Waals surface area (Å²) in [5, 5.41) is 12.3. The second-order valence-electron chi connectivity index (χ2n) is 3.56. The first-order valence-corrected chi connectivity index (χ1v) is 5.13. The maximum absolute atomic E-state index is 12.4. The van der Waals surface area contributed by atoms with E-state index in [0.717, 1.165) is 6.20 Å². The SMILES string of the molecule is COc1cc(C(=O)O)ncc1-c1cnn(C(F)F)c1. The minimum absolute atomic E-state index is 0.193. The third kappa shape index (κ3) is 2.51. The molecule has 0 aliphatic heterocycles. The molecule has 0 aliphatic carbocycles. The van der Waals surface area contributed by atoms with Crippen LogP contribution in [0.4, 0.5) is 8.78 Å². The summed E-state index contributed by atoms with van der Waals surface area (Å²) in [4.78, 5) is 14.5. The van der Waals surface area contributed by atoms with E-state index in [1.807, 2.05) is 0 Å². The number of aromatic carboxylic acids is 1. The van der Waals surface area contributed by atoms with Crippen molar-refractivity contribution in [3.63, 3.8) is 0 Å². The van der Waals surface area contributed by atoms with Crippen LogP contribution < -0.4 is 4.74 Å². The average molecular weight is 269 g/mol. The predicted octanol–water partition coefficient (Wildman–Crippen LogP) is 2.05. The molecule has 0 saturated heterocycles. The number of hydrogen-bond acceptors (Lipinski definition) is 4. The first-order valence-electron chi connectivity index (χ1n) is 5.13. The molecule has 0 unspecified atom stereocenters. The van der Waals surface area contributed by atoms with E-state index in [0.29, 0.717) is 15.8 Å². The maximum Gasteiger partial charge on any atom is 0.354 e. The summed E-state index contributed by atoms with van der Waals surface area (Å²) < 4.78 is 30.4. The number of ether oxygens (including phenoxy) is 1. The molecule has 0 fully saturated rings. The predicted molar refractivity (Wildman–Crippen MR) is 60.2 cm³/mol. The van der Waals surface area contributed by atoms with E-state index in [2.05, 4.69) is 10.1 Å². The summed E-state index contributed by atoms with van der Waals surface area (Å²) >= 11 is 0. The molecule has 8 heteroatoms. The van der Waals surface area contributed by atoms with Crippen LogP contribution in [0.15, 0.2) is 24.7 Å².